The highest BCUT2D eigenvalue weighted by molar-refractivity contribution is 5.75. The van der Waals surface area contributed by atoms with E-state index in [0.29, 0.717) is 18.2 Å². The fraction of sp³-hybridized carbons (Fsp3) is 0.923. The maximum Gasteiger partial charge on any atom is 0.315 e. The first-order chi connectivity index (χ1) is 8.24. The van der Waals surface area contributed by atoms with E-state index < -0.39 is 0 Å². The van der Waals surface area contributed by atoms with Gasteiger partial charge in [-0.25, -0.2) is 4.79 Å². The van der Waals surface area contributed by atoms with Gasteiger partial charge in [0.2, 0.25) is 0 Å². The molecule has 2 N–H and O–H groups in total. The topological polar surface area (TPSA) is 50.4 Å². The van der Waals surface area contributed by atoms with Gasteiger partial charge in [-0.3, -0.25) is 0 Å². The monoisotopic (exact) mass is 238 g/mol. The molecule has 0 saturated heterocycles. The third-order valence-electron chi connectivity index (χ3n) is 4.66. The van der Waals surface area contributed by atoms with Crippen LogP contribution in [0.25, 0.3) is 0 Å². The number of nitrogens with one attached hydrogen (secondary N) is 2. The molecule has 96 valence electrons. The molecule has 0 heterocycles. The molecule has 0 unspecified atom stereocenters. The zero-order valence-corrected chi connectivity index (χ0v) is 10.5. The van der Waals surface area contributed by atoms with Gasteiger partial charge in [0.15, 0.2) is 0 Å². The molecule has 0 radical (unpaired) electrons. The SMILES string of the molecule is CCO[C@@H]1C[C@@H](NC(=O)NC2CC2)C12CCC2. The molecular weight excluding hydrogens is 216 g/mol. The number of hydrogen-bond donors (Lipinski definition) is 2. The number of amides is 2. The number of carbonyl (C=O) groups excluding carboxylic acids is 1. The van der Waals surface area contributed by atoms with Crippen LogP contribution in [0.1, 0.15) is 45.4 Å². The first kappa shape index (κ1) is 11.3. The van der Waals surface area contributed by atoms with Gasteiger partial charge >= 0.3 is 6.03 Å². The lowest BCUT2D eigenvalue weighted by atomic mass is 9.51. The van der Waals surface area contributed by atoms with Gasteiger partial charge in [-0.2, -0.15) is 0 Å². The summed E-state index contributed by atoms with van der Waals surface area (Å²) >= 11 is 0. The molecule has 2 atom stereocenters. The minimum absolute atomic E-state index is 0.0266. The number of urea groups is 1. The zero-order chi connectivity index (χ0) is 11.9. The van der Waals surface area contributed by atoms with Crippen LogP contribution in [0, 0.1) is 5.41 Å². The average molecular weight is 238 g/mol. The summed E-state index contributed by atoms with van der Waals surface area (Å²) in [5.74, 6) is 0. The highest BCUT2D eigenvalue weighted by atomic mass is 16.5. The second-order valence-electron chi connectivity index (χ2n) is 5.71. The van der Waals surface area contributed by atoms with Crippen molar-refractivity contribution < 1.29 is 9.53 Å². The normalized spacial score (nSPS) is 33.7. The van der Waals surface area contributed by atoms with E-state index in [9.17, 15) is 4.79 Å². The Labute approximate surface area is 102 Å². The van der Waals surface area contributed by atoms with Crippen LogP contribution in [0.2, 0.25) is 0 Å². The number of hydrogen-bond acceptors (Lipinski definition) is 2. The lowest BCUT2D eigenvalue weighted by molar-refractivity contribution is -0.169. The fourth-order valence-corrected chi connectivity index (χ4v) is 3.25. The van der Waals surface area contributed by atoms with Crippen molar-refractivity contribution in [2.45, 2.75) is 63.6 Å². The Kier molecular flexibility index (Phi) is 2.77. The van der Waals surface area contributed by atoms with Crippen molar-refractivity contribution in [3.05, 3.63) is 0 Å². The highest BCUT2D eigenvalue weighted by Gasteiger charge is 2.59. The van der Waals surface area contributed by atoms with Crippen LogP contribution in [0.3, 0.4) is 0 Å². The molecule has 3 saturated carbocycles. The van der Waals surface area contributed by atoms with E-state index in [1.54, 1.807) is 0 Å². The summed E-state index contributed by atoms with van der Waals surface area (Å²) in [7, 11) is 0. The largest absolute Gasteiger partial charge is 0.378 e. The van der Waals surface area contributed by atoms with Crippen LogP contribution in [0.4, 0.5) is 4.79 Å². The molecular formula is C13H22N2O2. The van der Waals surface area contributed by atoms with Gasteiger partial charge in [-0.05, 0) is 39.0 Å². The van der Waals surface area contributed by atoms with Gasteiger partial charge in [0.1, 0.15) is 0 Å². The van der Waals surface area contributed by atoms with Crippen LogP contribution >= 0.6 is 0 Å². The van der Waals surface area contributed by atoms with Gasteiger partial charge in [-0.15, -0.1) is 0 Å². The van der Waals surface area contributed by atoms with Crippen molar-refractivity contribution in [3.63, 3.8) is 0 Å². The number of carbonyl (C=O) groups is 1. The van der Waals surface area contributed by atoms with Gasteiger partial charge in [0, 0.05) is 24.1 Å². The van der Waals surface area contributed by atoms with E-state index in [1.165, 1.54) is 19.3 Å². The molecule has 2 amide bonds. The minimum Gasteiger partial charge on any atom is -0.378 e. The third-order valence-corrected chi connectivity index (χ3v) is 4.66. The average Bonchev–Trinajstić information content (AvgIpc) is 2.97. The van der Waals surface area contributed by atoms with Crippen LogP contribution in [0.15, 0.2) is 0 Å². The van der Waals surface area contributed by atoms with Gasteiger partial charge in [0.05, 0.1) is 6.10 Å². The summed E-state index contributed by atoms with van der Waals surface area (Å²) in [5, 5.41) is 6.13. The van der Waals surface area contributed by atoms with E-state index >= 15 is 0 Å². The minimum atomic E-state index is 0.0266. The fourth-order valence-electron chi connectivity index (χ4n) is 3.25. The first-order valence-electron chi connectivity index (χ1n) is 6.93. The van der Waals surface area contributed by atoms with Crippen LogP contribution in [-0.4, -0.2) is 30.8 Å². The van der Waals surface area contributed by atoms with Gasteiger partial charge in [-0.1, -0.05) is 6.42 Å². The van der Waals surface area contributed by atoms with E-state index in [-0.39, 0.29) is 11.4 Å². The van der Waals surface area contributed by atoms with Crippen molar-refractivity contribution in [1.29, 1.82) is 0 Å². The smallest absolute Gasteiger partial charge is 0.315 e. The third kappa shape index (κ3) is 1.92. The van der Waals surface area contributed by atoms with Crippen LogP contribution < -0.4 is 10.6 Å². The van der Waals surface area contributed by atoms with Crippen LogP contribution in [0.5, 0.6) is 0 Å². The molecule has 3 aliphatic rings. The Morgan fingerprint density at radius 1 is 1.35 bits per heavy atom. The molecule has 1 spiro atoms. The summed E-state index contributed by atoms with van der Waals surface area (Å²) in [6.07, 6.45) is 7.37. The molecule has 0 aromatic rings. The maximum absolute atomic E-state index is 11.7. The van der Waals surface area contributed by atoms with E-state index in [0.717, 1.165) is 25.9 Å². The molecule has 3 rings (SSSR count). The second-order valence-corrected chi connectivity index (χ2v) is 5.71. The molecule has 4 nitrogen and oxygen atoms in total. The predicted octanol–water partition coefficient (Wildman–Crippen LogP) is 1.80. The Hall–Kier alpha value is -0.770. The van der Waals surface area contributed by atoms with Crippen molar-refractivity contribution in [2.75, 3.05) is 6.61 Å². The van der Waals surface area contributed by atoms with E-state index in [1.807, 2.05) is 6.92 Å². The Balaban J connectivity index is 1.52. The second kappa shape index (κ2) is 4.16. The Morgan fingerprint density at radius 3 is 2.65 bits per heavy atom. The van der Waals surface area contributed by atoms with Gasteiger partial charge in [0.25, 0.3) is 0 Å². The molecule has 3 aliphatic carbocycles. The standard InChI is InChI=1S/C13H22N2O2/c1-2-17-11-8-10(13(11)6-3-7-13)15-12(16)14-9-4-5-9/h9-11H,2-8H2,1H3,(H2,14,15,16)/t10-,11-/m1/s1. The summed E-state index contributed by atoms with van der Waals surface area (Å²) < 4.78 is 5.77. The lowest BCUT2D eigenvalue weighted by Gasteiger charge is -2.60. The first-order valence-corrected chi connectivity index (χ1v) is 6.93. The summed E-state index contributed by atoms with van der Waals surface area (Å²) in [4.78, 5) is 11.7. The van der Waals surface area contributed by atoms with Crippen molar-refractivity contribution in [3.8, 4) is 0 Å². The summed E-state index contributed by atoms with van der Waals surface area (Å²) in [6.45, 7) is 2.83. The molecule has 0 bridgehead atoms. The summed E-state index contributed by atoms with van der Waals surface area (Å²) in [6, 6.07) is 0.806. The summed E-state index contributed by atoms with van der Waals surface area (Å²) in [5.41, 5.74) is 0.275. The van der Waals surface area contributed by atoms with E-state index in [4.69, 9.17) is 4.74 Å². The molecule has 17 heavy (non-hydrogen) atoms. The maximum atomic E-state index is 11.7. The van der Waals surface area contributed by atoms with E-state index in [2.05, 4.69) is 10.6 Å². The Morgan fingerprint density at radius 2 is 2.12 bits per heavy atom. The van der Waals surface area contributed by atoms with Crippen molar-refractivity contribution in [2.24, 2.45) is 5.41 Å². The van der Waals surface area contributed by atoms with Crippen molar-refractivity contribution >= 4 is 6.03 Å². The number of ether oxygens (including phenoxy) is 1. The Bertz CT molecular complexity index is 311. The molecule has 0 aromatic heterocycles. The molecule has 3 fully saturated rings. The molecule has 4 heteroatoms. The van der Waals surface area contributed by atoms with Crippen molar-refractivity contribution in [1.82, 2.24) is 10.6 Å². The zero-order valence-electron chi connectivity index (χ0n) is 10.5. The predicted molar refractivity (Wildman–Crippen MR) is 64.8 cm³/mol. The molecule has 0 aromatic carbocycles. The number of rotatable bonds is 4. The van der Waals surface area contributed by atoms with Gasteiger partial charge < -0.3 is 15.4 Å². The lowest BCUT2D eigenvalue weighted by Crippen LogP contribution is -2.68. The van der Waals surface area contributed by atoms with Crippen LogP contribution in [-0.2, 0) is 4.74 Å². The molecule has 0 aliphatic heterocycles. The quantitative estimate of drug-likeness (QED) is 0.784. The highest BCUT2D eigenvalue weighted by Crippen LogP contribution is 2.57.